The lowest BCUT2D eigenvalue weighted by molar-refractivity contribution is -0.255. The van der Waals surface area contributed by atoms with Gasteiger partial charge in [0.2, 0.25) is 6.41 Å². The van der Waals surface area contributed by atoms with Gasteiger partial charge in [0, 0.05) is 7.11 Å². The van der Waals surface area contributed by atoms with Crippen LogP contribution in [-0.2, 0) is 19.2 Å². The van der Waals surface area contributed by atoms with Crippen molar-refractivity contribution in [3.63, 3.8) is 0 Å². The molecule has 0 aromatic rings. The maximum Gasteiger partial charge on any atom is 0.358 e. The quantitative estimate of drug-likeness (QED) is 0.512. The van der Waals surface area contributed by atoms with E-state index >= 15 is 0 Å². The summed E-state index contributed by atoms with van der Waals surface area (Å²) in [6.45, 7) is 1.13. The fourth-order valence-corrected chi connectivity index (χ4v) is 0.701. The summed E-state index contributed by atoms with van der Waals surface area (Å²) in [4.78, 5) is 24.5. The topological polar surface area (TPSA) is 64.6 Å². The molecule has 0 aromatic heterocycles. The number of halogens is 2. The summed E-state index contributed by atoms with van der Waals surface area (Å²) >= 11 is 0. The average Bonchev–Trinajstić information content (AvgIpc) is 2.14. The van der Waals surface area contributed by atoms with Gasteiger partial charge >= 0.3 is 12.1 Å². The highest BCUT2D eigenvalue weighted by Gasteiger charge is 2.38. The fraction of sp³-hybridized carbons (Fsp3) is 0.714. The van der Waals surface area contributed by atoms with Crippen LogP contribution in [0.5, 0.6) is 0 Å². The van der Waals surface area contributed by atoms with E-state index in [2.05, 4.69) is 9.57 Å². The van der Waals surface area contributed by atoms with Crippen LogP contribution in [0.1, 0.15) is 13.3 Å². The van der Waals surface area contributed by atoms with E-state index in [1.165, 1.54) is 0 Å². The molecule has 0 saturated heterocycles. The van der Waals surface area contributed by atoms with Crippen molar-refractivity contribution in [2.45, 2.75) is 19.5 Å². The van der Waals surface area contributed by atoms with E-state index in [9.17, 15) is 18.4 Å². The van der Waals surface area contributed by atoms with Crippen LogP contribution in [0.3, 0.4) is 0 Å². The normalized spacial score (nSPS) is 13.1. The van der Waals surface area contributed by atoms with Gasteiger partial charge in [0.15, 0.2) is 0 Å². The maximum absolute atomic E-state index is 12.7. The number of ether oxygens (including phenoxy) is 1. The minimum Gasteiger partial charge on any atom is -0.341 e. The maximum atomic E-state index is 12.7. The molecule has 0 saturated carbocycles. The van der Waals surface area contributed by atoms with Crippen molar-refractivity contribution in [2.75, 3.05) is 7.11 Å². The fourth-order valence-electron chi connectivity index (χ4n) is 0.701. The van der Waals surface area contributed by atoms with Crippen molar-refractivity contribution < 1.29 is 27.9 Å². The van der Waals surface area contributed by atoms with Gasteiger partial charge in [-0.25, -0.2) is 4.79 Å². The zero-order valence-electron chi connectivity index (χ0n) is 7.75. The minimum atomic E-state index is -3.39. The van der Waals surface area contributed by atoms with Crippen LogP contribution >= 0.6 is 0 Å². The van der Waals surface area contributed by atoms with Crippen molar-refractivity contribution in [2.24, 2.45) is 5.92 Å². The monoisotopic (exact) mass is 211 g/mol. The molecule has 1 N–H and O–H groups in total. The molecule has 82 valence electrons. The molecule has 0 rings (SSSR count). The Morgan fingerprint density at radius 1 is 1.64 bits per heavy atom. The van der Waals surface area contributed by atoms with E-state index in [4.69, 9.17) is 0 Å². The van der Waals surface area contributed by atoms with Crippen LogP contribution in [-0.4, -0.2) is 25.6 Å². The lowest BCUT2D eigenvalue weighted by Gasteiger charge is -2.20. The second kappa shape index (κ2) is 5.48. The molecule has 1 atom stereocenters. The van der Waals surface area contributed by atoms with Crippen LogP contribution in [0.4, 0.5) is 8.78 Å². The molecule has 0 spiro atoms. The number of methoxy groups -OCH3 is 1. The Balaban J connectivity index is 3.98. The summed E-state index contributed by atoms with van der Waals surface area (Å²) in [5, 5.41) is 0. The molecule has 0 heterocycles. The average molecular weight is 211 g/mol. The zero-order valence-corrected chi connectivity index (χ0v) is 7.75. The van der Waals surface area contributed by atoms with Gasteiger partial charge in [0.25, 0.3) is 0 Å². The van der Waals surface area contributed by atoms with E-state index in [0.29, 0.717) is 0 Å². The Labute approximate surface area is 79.3 Å². The molecule has 5 nitrogen and oxygen atoms in total. The second-order valence-corrected chi connectivity index (χ2v) is 2.58. The molecule has 0 bridgehead atoms. The molecule has 0 aliphatic rings. The Morgan fingerprint density at radius 3 is 2.64 bits per heavy atom. The summed E-state index contributed by atoms with van der Waals surface area (Å²) in [6.07, 6.45) is -3.82. The molecule has 1 amide bonds. The summed E-state index contributed by atoms with van der Waals surface area (Å²) in [5.41, 5.74) is 1.61. The van der Waals surface area contributed by atoms with Crippen LogP contribution in [0, 0.1) is 5.92 Å². The first-order valence-corrected chi connectivity index (χ1v) is 3.75. The molecule has 0 fully saturated rings. The predicted molar refractivity (Wildman–Crippen MR) is 41.0 cm³/mol. The van der Waals surface area contributed by atoms with Crippen molar-refractivity contribution >= 4 is 12.4 Å². The number of rotatable bonds is 6. The van der Waals surface area contributed by atoms with Crippen molar-refractivity contribution in [1.82, 2.24) is 5.48 Å². The number of alkyl halides is 2. The van der Waals surface area contributed by atoms with Crippen LogP contribution in [0.2, 0.25) is 0 Å². The lowest BCUT2D eigenvalue weighted by atomic mass is 10.1. The molecular formula is C7H11F2NO4. The Morgan fingerprint density at radius 2 is 2.21 bits per heavy atom. The third-order valence-electron chi connectivity index (χ3n) is 1.54. The Hall–Kier alpha value is -1.24. The van der Waals surface area contributed by atoms with Gasteiger partial charge < -0.3 is 9.57 Å². The highest BCUT2D eigenvalue weighted by atomic mass is 19.3. The SMILES string of the molecule is COC(F)(F)C(C)CC(=O)ONC=O. The van der Waals surface area contributed by atoms with Gasteiger partial charge in [-0.05, 0) is 0 Å². The molecule has 0 aliphatic heterocycles. The van der Waals surface area contributed by atoms with Gasteiger partial charge in [-0.2, -0.15) is 14.3 Å². The Bertz CT molecular complexity index is 210. The van der Waals surface area contributed by atoms with E-state index in [-0.39, 0.29) is 6.41 Å². The van der Waals surface area contributed by atoms with Crippen LogP contribution in [0.25, 0.3) is 0 Å². The van der Waals surface area contributed by atoms with E-state index < -0.39 is 24.4 Å². The smallest absolute Gasteiger partial charge is 0.341 e. The van der Waals surface area contributed by atoms with Crippen LogP contribution in [0.15, 0.2) is 0 Å². The van der Waals surface area contributed by atoms with E-state index in [1.54, 1.807) is 5.48 Å². The number of carbonyl (C=O) groups is 2. The standard InChI is InChI=1S/C7H11F2NO4/c1-5(7(8,9)13-2)3-6(12)14-10-4-11/h4-5H,3H2,1-2H3,(H,10,11). The summed E-state index contributed by atoms with van der Waals surface area (Å²) in [7, 11) is 0.839. The molecule has 0 radical (unpaired) electrons. The summed E-state index contributed by atoms with van der Waals surface area (Å²) < 4.78 is 29.3. The largest absolute Gasteiger partial charge is 0.358 e. The first kappa shape index (κ1) is 12.8. The van der Waals surface area contributed by atoms with Crippen molar-refractivity contribution in [3.05, 3.63) is 0 Å². The Kier molecular flexibility index (Phi) is 5.00. The van der Waals surface area contributed by atoms with Gasteiger partial charge in [0.1, 0.15) is 0 Å². The number of carbonyl (C=O) groups excluding carboxylic acids is 2. The molecule has 14 heavy (non-hydrogen) atoms. The minimum absolute atomic E-state index is 0.122. The molecule has 1 unspecified atom stereocenters. The third kappa shape index (κ3) is 4.13. The van der Waals surface area contributed by atoms with Crippen molar-refractivity contribution in [3.8, 4) is 0 Å². The zero-order chi connectivity index (χ0) is 11.2. The molecule has 0 aromatic carbocycles. The highest BCUT2D eigenvalue weighted by Crippen LogP contribution is 2.27. The van der Waals surface area contributed by atoms with E-state index in [0.717, 1.165) is 14.0 Å². The third-order valence-corrected chi connectivity index (χ3v) is 1.54. The number of hydrogen-bond acceptors (Lipinski definition) is 4. The highest BCUT2D eigenvalue weighted by molar-refractivity contribution is 5.70. The van der Waals surface area contributed by atoms with Crippen LogP contribution < -0.4 is 5.48 Å². The molecule has 7 heteroatoms. The number of hydrogen-bond donors (Lipinski definition) is 1. The molecule has 0 aliphatic carbocycles. The number of nitrogens with one attached hydrogen (secondary N) is 1. The van der Waals surface area contributed by atoms with Gasteiger partial charge in [-0.3, -0.25) is 4.79 Å². The number of hydroxylamine groups is 1. The first-order valence-electron chi connectivity index (χ1n) is 3.75. The summed E-state index contributed by atoms with van der Waals surface area (Å²) in [5.74, 6) is -2.28. The number of amides is 1. The molecular weight excluding hydrogens is 200 g/mol. The summed E-state index contributed by atoms with van der Waals surface area (Å²) in [6, 6.07) is 0. The first-order chi connectivity index (χ1) is 6.44. The second-order valence-electron chi connectivity index (χ2n) is 2.58. The van der Waals surface area contributed by atoms with Gasteiger partial charge in [0.05, 0.1) is 12.3 Å². The lowest BCUT2D eigenvalue weighted by Crippen LogP contribution is -2.31. The van der Waals surface area contributed by atoms with E-state index in [1.807, 2.05) is 0 Å². The van der Waals surface area contributed by atoms with Gasteiger partial charge in [-0.15, -0.1) is 0 Å². The van der Waals surface area contributed by atoms with Gasteiger partial charge in [-0.1, -0.05) is 6.92 Å². The van der Waals surface area contributed by atoms with Crippen molar-refractivity contribution in [1.29, 1.82) is 0 Å². The predicted octanol–water partition coefficient (Wildman–Crippen LogP) is 0.456.